The van der Waals surface area contributed by atoms with Crippen molar-refractivity contribution in [2.24, 2.45) is 0 Å². The van der Waals surface area contributed by atoms with Crippen molar-refractivity contribution < 1.29 is 19.1 Å². The van der Waals surface area contributed by atoms with Gasteiger partial charge in [-0.1, -0.05) is 43.3 Å². The van der Waals surface area contributed by atoms with Crippen LogP contribution < -0.4 is 9.64 Å². The molecule has 1 heterocycles. The Hall–Kier alpha value is -3.19. The van der Waals surface area contributed by atoms with Crippen molar-refractivity contribution in [3.8, 4) is 5.75 Å². The lowest BCUT2D eigenvalue weighted by Gasteiger charge is -2.20. The Labute approximate surface area is 192 Å². The minimum atomic E-state index is -0.474. The quantitative estimate of drug-likeness (QED) is 0.390. The van der Waals surface area contributed by atoms with Crippen molar-refractivity contribution in [1.82, 2.24) is 4.98 Å². The second-order valence-corrected chi connectivity index (χ2v) is 8.37. The zero-order valence-corrected chi connectivity index (χ0v) is 19.5. The van der Waals surface area contributed by atoms with Crippen LogP contribution in [0.5, 0.6) is 5.75 Å². The smallest absolute Gasteiger partial charge is 0.358 e. The second kappa shape index (κ2) is 11.4. The summed E-state index contributed by atoms with van der Waals surface area (Å²) in [4.78, 5) is 32.6. The van der Waals surface area contributed by atoms with Crippen LogP contribution in [-0.4, -0.2) is 36.6 Å². The number of carbonyl (C=O) groups excluding carboxylic acids is 2. The fourth-order valence-corrected chi connectivity index (χ4v) is 4.07. The molecular formula is C25H28N2O4S. The van der Waals surface area contributed by atoms with Gasteiger partial charge in [0, 0.05) is 17.0 Å². The molecule has 3 rings (SSSR count). The number of carbonyl (C=O) groups is 2. The van der Waals surface area contributed by atoms with Gasteiger partial charge in [0.2, 0.25) is 0 Å². The Morgan fingerprint density at radius 2 is 1.84 bits per heavy atom. The normalized spacial score (nSPS) is 10.6. The van der Waals surface area contributed by atoms with E-state index in [9.17, 15) is 9.59 Å². The van der Waals surface area contributed by atoms with E-state index in [1.807, 2.05) is 56.3 Å². The van der Waals surface area contributed by atoms with E-state index in [0.717, 1.165) is 16.9 Å². The topological polar surface area (TPSA) is 68.7 Å². The molecule has 1 aromatic heterocycles. The molecule has 168 valence electrons. The number of rotatable bonds is 10. The zero-order valence-electron chi connectivity index (χ0n) is 18.7. The average Bonchev–Trinajstić information content (AvgIpc) is 3.20. The summed E-state index contributed by atoms with van der Waals surface area (Å²) in [5.74, 6) is -0.00630. The number of aromatic nitrogens is 1. The maximum absolute atomic E-state index is 13.5. The fourth-order valence-electron chi connectivity index (χ4n) is 3.15. The van der Waals surface area contributed by atoms with Crippen molar-refractivity contribution in [2.75, 3.05) is 24.7 Å². The maximum atomic E-state index is 13.5. The molecule has 0 saturated carbocycles. The van der Waals surface area contributed by atoms with E-state index in [0.29, 0.717) is 36.0 Å². The Morgan fingerprint density at radius 1 is 1.06 bits per heavy atom. The molecule has 0 aliphatic carbocycles. The monoisotopic (exact) mass is 452 g/mol. The lowest BCUT2D eigenvalue weighted by atomic mass is 10.1. The van der Waals surface area contributed by atoms with Crippen LogP contribution in [0.3, 0.4) is 0 Å². The number of aryl methyl sites for hydroxylation is 1. The Bertz CT molecular complexity index is 1050. The van der Waals surface area contributed by atoms with Gasteiger partial charge in [0.1, 0.15) is 5.75 Å². The molecule has 0 aliphatic rings. The number of ether oxygens (including phenoxy) is 2. The van der Waals surface area contributed by atoms with E-state index in [2.05, 4.69) is 4.98 Å². The zero-order chi connectivity index (χ0) is 22.9. The number of thiazole rings is 1. The van der Waals surface area contributed by atoms with Gasteiger partial charge in [-0.05, 0) is 50.5 Å². The molecule has 0 atom stereocenters. The third-order valence-electron chi connectivity index (χ3n) is 4.75. The summed E-state index contributed by atoms with van der Waals surface area (Å²) >= 11 is 1.31. The Morgan fingerprint density at radius 3 is 2.56 bits per heavy atom. The molecule has 0 spiro atoms. The van der Waals surface area contributed by atoms with Crippen LogP contribution in [0, 0.1) is 6.92 Å². The minimum Gasteiger partial charge on any atom is -0.494 e. The van der Waals surface area contributed by atoms with E-state index in [-0.39, 0.29) is 18.2 Å². The molecular weight excluding hydrogens is 424 g/mol. The number of benzene rings is 2. The molecule has 0 radical (unpaired) electrons. The first-order valence-corrected chi connectivity index (χ1v) is 11.6. The SMILES string of the molecule is CCCOc1cccc(C(=O)N(CCc2ccccc2)c2nc(C(=O)OCC)c(C)s2)c1. The van der Waals surface area contributed by atoms with Crippen molar-refractivity contribution in [2.45, 2.75) is 33.6 Å². The highest BCUT2D eigenvalue weighted by molar-refractivity contribution is 7.16. The molecule has 0 bridgehead atoms. The molecule has 0 N–H and O–H groups in total. The van der Waals surface area contributed by atoms with Crippen LogP contribution in [0.1, 0.15) is 51.6 Å². The van der Waals surface area contributed by atoms with E-state index in [1.54, 1.807) is 24.0 Å². The summed E-state index contributed by atoms with van der Waals surface area (Å²) in [7, 11) is 0. The van der Waals surface area contributed by atoms with Gasteiger partial charge in [-0.25, -0.2) is 9.78 Å². The largest absolute Gasteiger partial charge is 0.494 e. The number of hydrogen-bond acceptors (Lipinski definition) is 6. The van der Waals surface area contributed by atoms with Gasteiger partial charge in [0.15, 0.2) is 10.8 Å². The molecule has 1 amide bonds. The van der Waals surface area contributed by atoms with Crippen LogP contribution in [0.4, 0.5) is 5.13 Å². The fraction of sp³-hybridized carbons (Fsp3) is 0.320. The Balaban J connectivity index is 1.91. The molecule has 0 fully saturated rings. The predicted octanol–water partition coefficient (Wildman–Crippen LogP) is 5.31. The van der Waals surface area contributed by atoms with Gasteiger partial charge in [0.05, 0.1) is 13.2 Å². The van der Waals surface area contributed by atoms with E-state index < -0.39 is 5.97 Å². The molecule has 6 nitrogen and oxygen atoms in total. The lowest BCUT2D eigenvalue weighted by molar-refractivity contribution is 0.0519. The van der Waals surface area contributed by atoms with Crippen molar-refractivity contribution >= 4 is 28.3 Å². The van der Waals surface area contributed by atoms with Crippen molar-refractivity contribution in [3.05, 3.63) is 76.3 Å². The lowest BCUT2D eigenvalue weighted by Crippen LogP contribution is -2.33. The summed E-state index contributed by atoms with van der Waals surface area (Å²) in [5.41, 5.74) is 1.88. The van der Waals surface area contributed by atoms with Crippen LogP contribution in [-0.2, 0) is 11.2 Å². The minimum absolute atomic E-state index is 0.188. The summed E-state index contributed by atoms with van der Waals surface area (Å²) in [6.07, 6.45) is 1.54. The number of esters is 1. The van der Waals surface area contributed by atoms with Crippen LogP contribution >= 0.6 is 11.3 Å². The highest BCUT2D eigenvalue weighted by Crippen LogP contribution is 2.28. The third-order valence-corrected chi connectivity index (χ3v) is 5.74. The van der Waals surface area contributed by atoms with Gasteiger partial charge >= 0.3 is 5.97 Å². The van der Waals surface area contributed by atoms with Crippen LogP contribution in [0.15, 0.2) is 54.6 Å². The maximum Gasteiger partial charge on any atom is 0.358 e. The number of amides is 1. The van der Waals surface area contributed by atoms with Gasteiger partial charge in [0.25, 0.3) is 5.91 Å². The van der Waals surface area contributed by atoms with E-state index in [4.69, 9.17) is 9.47 Å². The first-order chi connectivity index (χ1) is 15.5. The van der Waals surface area contributed by atoms with Crippen molar-refractivity contribution in [3.63, 3.8) is 0 Å². The van der Waals surface area contributed by atoms with Gasteiger partial charge in [-0.2, -0.15) is 0 Å². The van der Waals surface area contributed by atoms with Gasteiger partial charge in [-0.15, -0.1) is 11.3 Å². The first-order valence-electron chi connectivity index (χ1n) is 10.8. The summed E-state index contributed by atoms with van der Waals surface area (Å²) in [6.45, 7) is 6.89. The average molecular weight is 453 g/mol. The van der Waals surface area contributed by atoms with E-state index in [1.165, 1.54) is 11.3 Å². The molecule has 7 heteroatoms. The van der Waals surface area contributed by atoms with Crippen LogP contribution in [0.2, 0.25) is 0 Å². The molecule has 2 aromatic carbocycles. The first kappa shape index (κ1) is 23.5. The molecule has 3 aromatic rings. The molecule has 0 unspecified atom stereocenters. The second-order valence-electron chi connectivity index (χ2n) is 7.19. The van der Waals surface area contributed by atoms with Gasteiger partial charge < -0.3 is 9.47 Å². The summed E-state index contributed by atoms with van der Waals surface area (Å²) in [5, 5.41) is 0.478. The third kappa shape index (κ3) is 5.95. The standard InChI is InChI=1S/C25H28N2O4S/c1-4-16-31-21-13-9-12-20(17-21)23(28)27(15-14-19-10-7-6-8-11-19)25-26-22(18(3)32-25)24(29)30-5-2/h6-13,17H,4-5,14-16H2,1-3H3. The van der Waals surface area contributed by atoms with Crippen LogP contribution in [0.25, 0.3) is 0 Å². The highest BCUT2D eigenvalue weighted by Gasteiger charge is 2.25. The molecule has 32 heavy (non-hydrogen) atoms. The van der Waals surface area contributed by atoms with Crippen molar-refractivity contribution in [1.29, 1.82) is 0 Å². The molecule has 0 aliphatic heterocycles. The number of hydrogen-bond donors (Lipinski definition) is 0. The number of anilines is 1. The highest BCUT2D eigenvalue weighted by atomic mass is 32.1. The predicted molar refractivity (Wildman–Crippen MR) is 127 cm³/mol. The van der Waals surface area contributed by atoms with Gasteiger partial charge in [-0.3, -0.25) is 9.69 Å². The molecule has 0 saturated heterocycles. The number of nitrogens with zero attached hydrogens (tertiary/aromatic N) is 2. The van der Waals surface area contributed by atoms with E-state index >= 15 is 0 Å². The summed E-state index contributed by atoms with van der Waals surface area (Å²) < 4.78 is 10.8. The summed E-state index contributed by atoms with van der Waals surface area (Å²) in [6, 6.07) is 17.1. The Kier molecular flexibility index (Phi) is 8.39.